The molecule has 0 aromatic carbocycles. The first-order chi connectivity index (χ1) is 8.91. The average molecular weight is 348 g/mol. The van der Waals surface area contributed by atoms with E-state index in [2.05, 4.69) is 25.6 Å². The zero-order valence-electron chi connectivity index (χ0n) is 10.6. The molecule has 1 aliphatic rings. The third-order valence-corrected chi connectivity index (χ3v) is 5.26. The second-order valence-electron chi connectivity index (χ2n) is 5.09. The first-order valence-electron chi connectivity index (χ1n) is 6.30. The summed E-state index contributed by atoms with van der Waals surface area (Å²) in [5.41, 5.74) is 5.81. The molecule has 0 atom stereocenters. The fourth-order valence-corrected chi connectivity index (χ4v) is 3.94. The van der Waals surface area contributed by atoms with Crippen LogP contribution < -0.4 is 10.5 Å². The highest BCUT2D eigenvalue weighted by Gasteiger charge is 2.29. The summed E-state index contributed by atoms with van der Waals surface area (Å²) in [4.78, 5) is 4.02. The van der Waals surface area contributed by atoms with Gasteiger partial charge in [-0.25, -0.2) is 13.1 Å². The van der Waals surface area contributed by atoms with E-state index >= 15 is 0 Å². The summed E-state index contributed by atoms with van der Waals surface area (Å²) in [5.74, 6) is 0. The van der Waals surface area contributed by atoms with Crippen LogP contribution in [0.4, 0.5) is 0 Å². The second-order valence-corrected chi connectivity index (χ2v) is 7.77. The zero-order chi connectivity index (χ0) is 13.9. The SMILES string of the molecule is NC1(CNS(=O)(=O)c2cncc(Br)c2)CCCCC1. The molecule has 1 fully saturated rings. The van der Waals surface area contributed by atoms with Crippen LogP contribution in [0.1, 0.15) is 32.1 Å². The van der Waals surface area contributed by atoms with Crippen molar-refractivity contribution in [1.29, 1.82) is 0 Å². The van der Waals surface area contributed by atoms with E-state index in [1.165, 1.54) is 18.7 Å². The Balaban J connectivity index is 2.05. The molecule has 0 unspecified atom stereocenters. The molecule has 0 bridgehead atoms. The molecule has 1 saturated carbocycles. The van der Waals surface area contributed by atoms with Crippen molar-refractivity contribution < 1.29 is 8.42 Å². The lowest BCUT2D eigenvalue weighted by Gasteiger charge is -2.33. The van der Waals surface area contributed by atoms with E-state index < -0.39 is 15.6 Å². The van der Waals surface area contributed by atoms with Crippen molar-refractivity contribution in [2.45, 2.75) is 42.5 Å². The van der Waals surface area contributed by atoms with Gasteiger partial charge in [0.05, 0.1) is 0 Å². The Labute approximate surface area is 122 Å². The van der Waals surface area contributed by atoms with Crippen LogP contribution in [-0.4, -0.2) is 25.5 Å². The summed E-state index contributed by atoms with van der Waals surface area (Å²) in [6, 6.07) is 1.53. The van der Waals surface area contributed by atoms with Gasteiger partial charge >= 0.3 is 0 Å². The van der Waals surface area contributed by atoms with Crippen LogP contribution in [0.15, 0.2) is 27.8 Å². The van der Waals surface area contributed by atoms with Crippen molar-refractivity contribution in [2.24, 2.45) is 5.73 Å². The fraction of sp³-hybridized carbons (Fsp3) is 0.583. The molecule has 0 radical (unpaired) electrons. The highest BCUT2D eigenvalue weighted by atomic mass is 79.9. The molecule has 0 saturated heterocycles. The third-order valence-electron chi connectivity index (χ3n) is 3.45. The van der Waals surface area contributed by atoms with Gasteiger partial charge in [-0.05, 0) is 34.8 Å². The lowest BCUT2D eigenvalue weighted by Crippen LogP contribution is -2.51. The number of hydrogen-bond acceptors (Lipinski definition) is 4. The molecule has 1 aromatic heterocycles. The number of hydrogen-bond donors (Lipinski definition) is 2. The average Bonchev–Trinajstić information content (AvgIpc) is 2.38. The lowest BCUT2D eigenvalue weighted by molar-refractivity contribution is 0.296. The first-order valence-corrected chi connectivity index (χ1v) is 8.58. The molecule has 106 valence electrons. The van der Waals surface area contributed by atoms with Gasteiger partial charge in [-0.3, -0.25) is 4.98 Å². The Hall–Kier alpha value is -0.500. The van der Waals surface area contributed by atoms with Gasteiger partial charge in [-0.1, -0.05) is 19.3 Å². The number of sulfonamides is 1. The molecule has 0 amide bonds. The quantitative estimate of drug-likeness (QED) is 0.869. The maximum atomic E-state index is 12.1. The van der Waals surface area contributed by atoms with E-state index in [0.717, 1.165) is 25.7 Å². The monoisotopic (exact) mass is 347 g/mol. The maximum Gasteiger partial charge on any atom is 0.242 e. The van der Waals surface area contributed by atoms with Gasteiger partial charge in [-0.15, -0.1) is 0 Å². The van der Waals surface area contributed by atoms with Gasteiger partial charge in [0.15, 0.2) is 0 Å². The number of rotatable bonds is 4. The molecule has 0 spiro atoms. The standard InChI is InChI=1S/C12H18BrN3O2S/c13-10-6-11(8-15-7-10)19(17,18)16-9-12(14)4-2-1-3-5-12/h6-8,16H,1-5,9,14H2. The number of aromatic nitrogens is 1. The highest BCUT2D eigenvalue weighted by molar-refractivity contribution is 9.10. The van der Waals surface area contributed by atoms with E-state index in [1.807, 2.05) is 0 Å². The minimum absolute atomic E-state index is 0.154. The summed E-state index contributed by atoms with van der Waals surface area (Å²) in [6.07, 6.45) is 7.93. The minimum Gasteiger partial charge on any atom is -0.324 e. The molecular weight excluding hydrogens is 330 g/mol. The maximum absolute atomic E-state index is 12.1. The molecule has 19 heavy (non-hydrogen) atoms. The van der Waals surface area contributed by atoms with E-state index in [-0.39, 0.29) is 11.4 Å². The Morgan fingerprint density at radius 2 is 2.00 bits per heavy atom. The molecule has 1 aliphatic carbocycles. The van der Waals surface area contributed by atoms with E-state index in [1.54, 1.807) is 6.20 Å². The topological polar surface area (TPSA) is 85.1 Å². The van der Waals surface area contributed by atoms with Crippen molar-refractivity contribution in [3.63, 3.8) is 0 Å². The Bertz CT molecular complexity index is 542. The molecule has 2 rings (SSSR count). The molecular formula is C12H18BrN3O2S. The normalized spacial score (nSPS) is 19.3. The lowest BCUT2D eigenvalue weighted by atomic mass is 9.83. The van der Waals surface area contributed by atoms with Gasteiger partial charge in [0, 0.05) is 29.0 Å². The predicted octanol–water partition coefficient (Wildman–Crippen LogP) is 1.78. The highest BCUT2D eigenvalue weighted by Crippen LogP contribution is 2.25. The van der Waals surface area contributed by atoms with Crippen LogP contribution in [-0.2, 0) is 10.0 Å². The molecule has 1 heterocycles. The Kier molecular flexibility index (Phi) is 4.60. The van der Waals surface area contributed by atoms with Crippen molar-refractivity contribution in [1.82, 2.24) is 9.71 Å². The van der Waals surface area contributed by atoms with Gasteiger partial charge in [0.2, 0.25) is 10.0 Å². The predicted molar refractivity (Wildman–Crippen MR) is 77.1 cm³/mol. The molecule has 0 aliphatic heterocycles. The van der Waals surface area contributed by atoms with Gasteiger partial charge < -0.3 is 5.73 Å². The Morgan fingerprint density at radius 1 is 1.32 bits per heavy atom. The van der Waals surface area contributed by atoms with Crippen LogP contribution in [0.5, 0.6) is 0 Å². The summed E-state index contributed by atoms with van der Waals surface area (Å²) in [5, 5.41) is 0. The van der Waals surface area contributed by atoms with Crippen LogP contribution in [0.25, 0.3) is 0 Å². The summed E-state index contributed by atoms with van der Waals surface area (Å²) < 4.78 is 27.5. The number of nitrogens with two attached hydrogens (primary N) is 1. The summed E-state index contributed by atoms with van der Waals surface area (Å²) in [7, 11) is -3.54. The molecule has 7 heteroatoms. The Morgan fingerprint density at radius 3 is 2.63 bits per heavy atom. The van der Waals surface area contributed by atoms with Crippen molar-refractivity contribution in [3.05, 3.63) is 22.9 Å². The van der Waals surface area contributed by atoms with Crippen LogP contribution in [0.3, 0.4) is 0 Å². The second kappa shape index (κ2) is 5.87. The van der Waals surface area contributed by atoms with Gasteiger partial charge in [-0.2, -0.15) is 0 Å². The first kappa shape index (κ1) is 14.9. The molecule has 3 N–H and O–H groups in total. The largest absolute Gasteiger partial charge is 0.324 e. The number of nitrogens with one attached hydrogen (secondary N) is 1. The van der Waals surface area contributed by atoms with E-state index in [0.29, 0.717) is 4.47 Å². The van der Waals surface area contributed by atoms with Gasteiger partial charge in [0.25, 0.3) is 0 Å². The molecule has 5 nitrogen and oxygen atoms in total. The van der Waals surface area contributed by atoms with Crippen molar-refractivity contribution in [3.8, 4) is 0 Å². The third kappa shape index (κ3) is 3.98. The van der Waals surface area contributed by atoms with Crippen LogP contribution in [0, 0.1) is 0 Å². The number of nitrogens with zero attached hydrogens (tertiary/aromatic N) is 1. The van der Waals surface area contributed by atoms with Crippen LogP contribution >= 0.6 is 15.9 Å². The number of pyridine rings is 1. The fourth-order valence-electron chi connectivity index (χ4n) is 2.29. The van der Waals surface area contributed by atoms with Crippen molar-refractivity contribution >= 4 is 26.0 Å². The van der Waals surface area contributed by atoms with Gasteiger partial charge in [0.1, 0.15) is 4.90 Å². The minimum atomic E-state index is -3.54. The van der Waals surface area contributed by atoms with Crippen LogP contribution in [0.2, 0.25) is 0 Å². The van der Waals surface area contributed by atoms with E-state index in [9.17, 15) is 8.42 Å². The summed E-state index contributed by atoms with van der Waals surface area (Å²) >= 11 is 3.21. The molecule has 1 aromatic rings. The summed E-state index contributed by atoms with van der Waals surface area (Å²) in [6.45, 7) is 0.280. The van der Waals surface area contributed by atoms with E-state index in [4.69, 9.17) is 5.73 Å². The van der Waals surface area contributed by atoms with Crippen molar-refractivity contribution in [2.75, 3.05) is 6.54 Å². The smallest absolute Gasteiger partial charge is 0.242 e. The number of halogens is 1. The zero-order valence-corrected chi connectivity index (χ0v) is 13.0.